The predicted molar refractivity (Wildman–Crippen MR) is 74.8 cm³/mol. The molecule has 1 N–H and O–H groups in total. The molecule has 0 aliphatic carbocycles. The molecule has 0 saturated carbocycles. The van der Waals surface area contributed by atoms with Gasteiger partial charge in [-0.15, -0.1) is 11.3 Å². The summed E-state index contributed by atoms with van der Waals surface area (Å²) in [6.07, 6.45) is 0. The molecule has 0 fully saturated rings. The summed E-state index contributed by atoms with van der Waals surface area (Å²) in [5.41, 5.74) is 1.96. The Kier molecular flexibility index (Phi) is 4.04. The standard InChI is InChI=1S/C13H16N2O2S/c1-4-14-13-15-10(8-18-13)9-5-6-11(16-2)12(7-9)17-3/h5-8H,4H2,1-3H3,(H,14,15). The summed E-state index contributed by atoms with van der Waals surface area (Å²) < 4.78 is 10.5. The predicted octanol–water partition coefficient (Wildman–Crippen LogP) is 3.26. The van der Waals surface area contributed by atoms with Crippen molar-refractivity contribution in [1.82, 2.24) is 4.98 Å². The Morgan fingerprint density at radius 3 is 2.67 bits per heavy atom. The molecule has 0 amide bonds. The number of thiazole rings is 1. The Morgan fingerprint density at radius 1 is 1.22 bits per heavy atom. The van der Waals surface area contributed by atoms with Gasteiger partial charge in [-0.05, 0) is 25.1 Å². The van der Waals surface area contributed by atoms with Crippen LogP contribution in [0.15, 0.2) is 23.6 Å². The smallest absolute Gasteiger partial charge is 0.183 e. The van der Waals surface area contributed by atoms with E-state index in [4.69, 9.17) is 9.47 Å². The van der Waals surface area contributed by atoms with Gasteiger partial charge in [-0.1, -0.05) is 0 Å². The van der Waals surface area contributed by atoms with Crippen LogP contribution in [0.25, 0.3) is 11.3 Å². The summed E-state index contributed by atoms with van der Waals surface area (Å²) in [4.78, 5) is 4.51. The molecule has 0 saturated heterocycles. The molecule has 5 heteroatoms. The van der Waals surface area contributed by atoms with Gasteiger partial charge in [0, 0.05) is 17.5 Å². The fourth-order valence-corrected chi connectivity index (χ4v) is 2.43. The quantitative estimate of drug-likeness (QED) is 0.900. The molecule has 18 heavy (non-hydrogen) atoms. The van der Waals surface area contributed by atoms with Crippen LogP contribution in [-0.2, 0) is 0 Å². The average Bonchev–Trinajstić information content (AvgIpc) is 2.87. The molecule has 0 unspecified atom stereocenters. The lowest BCUT2D eigenvalue weighted by Crippen LogP contribution is -1.95. The third-order valence-corrected chi connectivity index (χ3v) is 3.31. The molecule has 0 aliphatic heterocycles. The van der Waals surface area contributed by atoms with E-state index in [1.165, 1.54) is 0 Å². The molecule has 2 aromatic rings. The zero-order valence-corrected chi connectivity index (χ0v) is 11.5. The number of rotatable bonds is 5. The van der Waals surface area contributed by atoms with E-state index in [0.29, 0.717) is 5.75 Å². The third kappa shape index (κ3) is 2.56. The van der Waals surface area contributed by atoms with Crippen LogP contribution in [0.3, 0.4) is 0 Å². The van der Waals surface area contributed by atoms with E-state index >= 15 is 0 Å². The molecule has 96 valence electrons. The topological polar surface area (TPSA) is 43.4 Å². The van der Waals surface area contributed by atoms with Gasteiger partial charge in [0.1, 0.15) is 0 Å². The van der Waals surface area contributed by atoms with Gasteiger partial charge in [0.15, 0.2) is 16.6 Å². The molecular formula is C13H16N2O2S. The highest BCUT2D eigenvalue weighted by Gasteiger charge is 2.08. The number of ether oxygens (including phenoxy) is 2. The van der Waals surface area contributed by atoms with Crippen LogP contribution >= 0.6 is 11.3 Å². The summed E-state index contributed by atoms with van der Waals surface area (Å²) in [6, 6.07) is 5.80. The van der Waals surface area contributed by atoms with Crippen molar-refractivity contribution in [3.8, 4) is 22.8 Å². The van der Waals surface area contributed by atoms with Gasteiger partial charge in [0.2, 0.25) is 0 Å². The van der Waals surface area contributed by atoms with E-state index < -0.39 is 0 Å². The molecule has 1 heterocycles. The molecule has 1 aromatic carbocycles. The molecule has 0 atom stereocenters. The minimum atomic E-state index is 0.716. The van der Waals surface area contributed by atoms with Crippen LogP contribution in [0.5, 0.6) is 11.5 Å². The number of hydrogen-bond donors (Lipinski definition) is 1. The Labute approximate surface area is 111 Å². The molecule has 4 nitrogen and oxygen atoms in total. The number of nitrogens with zero attached hydrogens (tertiary/aromatic N) is 1. The Morgan fingerprint density at radius 2 is 2.00 bits per heavy atom. The lowest BCUT2D eigenvalue weighted by atomic mass is 10.1. The monoisotopic (exact) mass is 264 g/mol. The number of nitrogens with one attached hydrogen (secondary N) is 1. The van der Waals surface area contributed by atoms with E-state index in [1.807, 2.05) is 23.6 Å². The second-order valence-corrected chi connectivity index (χ2v) is 4.50. The summed E-state index contributed by atoms with van der Waals surface area (Å²) in [5, 5.41) is 6.16. The highest BCUT2D eigenvalue weighted by atomic mass is 32.1. The first-order valence-corrected chi connectivity index (χ1v) is 6.58. The van der Waals surface area contributed by atoms with E-state index in [9.17, 15) is 0 Å². The van der Waals surface area contributed by atoms with Crippen molar-refractivity contribution in [2.24, 2.45) is 0 Å². The Hall–Kier alpha value is -1.75. The minimum Gasteiger partial charge on any atom is -0.493 e. The highest BCUT2D eigenvalue weighted by Crippen LogP contribution is 2.33. The SMILES string of the molecule is CCNc1nc(-c2ccc(OC)c(OC)c2)cs1. The van der Waals surface area contributed by atoms with E-state index in [-0.39, 0.29) is 0 Å². The number of benzene rings is 1. The lowest BCUT2D eigenvalue weighted by molar-refractivity contribution is 0.355. The maximum absolute atomic E-state index is 5.29. The third-order valence-electron chi connectivity index (χ3n) is 2.51. The van der Waals surface area contributed by atoms with Crippen LogP contribution in [0, 0.1) is 0 Å². The number of aromatic nitrogens is 1. The van der Waals surface area contributed by atoms with Gasteiger partial charge in [-0.3, -0.25) is 0 Å². The number of hydrogen-bond acceptors (Lipinski definition) is 5. The first-order valence-electron chi connectivity index (χ1n) is 5.70. The van der Waals surface area contributed by atoms with Crippen molar-refractivity contribution in [3.63, 3.8) is 0 Å². The second kappa shape index (κ2) is 5.73. The molecule has 0 radical (unpaired) electrons. The normalized spacial score (nSPS) is 10.2. The second-order valence-electron chi connectivity index (χ2n) is 3.64. The molecule has 2 rings (SSSR count). The first-order chi connectivity index (χ1) is 8.78. The summed E-state index contributed by atoms with van der Waals surface area (Å²) >= 11 is 1.60. The van der Waals surface area contributed by atoms with Crippen LogP contribution in [0.4, 0.5) is 5.13 Å². The molecule has 0 bridgehead atoms. The maximum Gasteiger partial charge on any atom is 0.183 e. The number of methoxy groups -OCH3 is 2. The fourth-order valence-electron chi connectivity index (χ4n) is 1.63. The van der Waals surface area contributed by atoms with Gasteiger partial charge < -0.3 is 14.8 Å². The van der Waals surface area contributed by atoms with E-state index in [1.54, 1.807) is 25.6 Å². The van der Waals surface area contributed by atoms with Crippen LogP contribution in [0.2, 0.25) is 0 Å². The number of anilines is 1. The molecular weight excluding hydrogens is 248 g/mol. The van der Waals surface area contributed by atoms with Gasteiger partial charge >= 0.3 is 0 Å². The van der Waals surface area contributed by atoms with Gasteiger partial charge in [-0.25, -0.2) is 4.98 Å². The lowest BCUT2D eigenvalue weighted by Gasteiger charge is -2.08. The Bertz CT molecular complexity index is 525. The van der Waals surface area contributed by atoms with Gasteiger partial charge in [-0.2, -0.15) is 0 Å². The van der Waals surface area contributed by atoms with Gasteiger partial charge in [0.25, 0.3) is 0 Å². The zero-order valence-electron chi connectivity index (χ0n) is 10.7. The van der Waals surface area contributed by atoms with Crippen molar-refractivity contribution < 1.29 is 9.47 Å². The zero-order chi connectivity index (χ0) is 13.0. The summed E-state index contributed by atoms with van der Waals surface area (Å²) in [5.74, 6) is 1.44. The fraction of sp³-hybridized carbons (Fsp3) is 0.308. The van der Waals surface area contributed by atoms with Crippen molar-refractivity contribution in [2.75, 3.05) is 26.1 Å². The molecule has 0 spiro atoms. The minimum absolute atomic E-state index is 0.716. The molecule has 1 aromatic heterocycles. The van der Waals surface area contributed by atoms with Gasteiger partial charge in [0.05, 0.1) is 19.9 Å². The van der Waals surface area contributed by atoms with Crippen molar-refractivity contribution >= 4 is 16.5 Å². The maximum atomic E-state index is 5.29. The van der Waals surface area contributed by atoms with Crippen molar-refractivity contribution in [1.29, 1.82) is 0 Å². The van der Waals surface area contributed by atoms with Crippen LogP contribution < -0.4 is 14.8 Å². The van der Waals surface area contributed by atoms with Crippen LogP contribution in [0.1, 0.15) is 6.92 Å². The van der Waals surface area contributed by atoms with Crippen molar-refractivity contribution in [2.45, 2.75) is 6.92 Å². The van der Waals surface area contributed by atoms with E-state index in [2.05, 4.69) is 17.2 Å². The summed E-state index contributed by atoms with van der Waals surface area (Å²) in [6.45, 7) is 2.93. The summed E-state index contributed by atoms with van der Waals surface area (Å²) in [7, 11) is 3.26. The van der Waals surface area contributed by atoms with Crippen LogP contribution in [-0.4, -0.2) is 25.7 Å². The largest absolute Gasteiger partial charge is 0.493 e. The molecule has 0 aliphatic rings. The van der Waals surface area contributed by atoms with E-state index in [0.717, 1.165) is 28.7 Å². The first kappa shape index (κ1) is 12.7. The Balaban J connectivity index is 2.31. The highest BCUT2D eigenvalue weighted by molar-refractivity contribution is 7.14. The van der Waals surface area contributed by atoms with Crippen molar-refractivity contribution in [3.05, 3.63) is 23.6 Å². The average molecular weight is 264 g/mol.